The lowest BCUT2D eigenvalue weighted by molar-refractivity contribution is -0.150. The number of benzene rings is 3. The number of hydrogen-bond donors (Lipinski definition) is 2. The van der Waals surface area contributed by atoms with Gasteiger partial charge in [-0.2, -0.15) is 0 Å². The smallest absolute Gasteiger partial charge is 0.334 e. The van der Waals surface area contributed by atoms with Crippen LogP contribution in [-0.4, -0.2) is 43.6 Å². The topological polar surface area (TPSA) is 93.7 Å². The molecule has 0 bridgehead atoms. The van der Waals surface area contributed by atoms with Crippen LogP contribution in [0.3, 0.4) is 0 Å². The second-order valence-electron chi connectivity index (χ2n) is 8.22. The molecule has 0 aliphatic carbocycles. The maximum Gasteiger partial charge on any atom is 0.334 e. The minimum absolute atomic E-state index is 0.374. The van der Waals surface area contributed by atoms with Gasteiger partial charge in [0.15, 0.2) is 5.54 Å². The molecule has 3 aromatic rings. The van der Waals surface area contributed by atoms with Crippen molar-refractivity contribution >= 4 is 33.8 Å². The van der Waals surface area contributed by atoms with Crippen LogP contribution in [-0.2, 0) is 19.1 Å². The Hall–Kier alpha value is -3.49. The van der Waals surface area contributed by atoms with Crippen LogP contribution in [0.1, 0.15) is 33.4 Å². The monoisotopic (exact) mass is 536 g/mol. The standard InChI is InChI=1S/C27H25BrN2O5/c1-34-25(32)22-21(17-9-5-3-6-10-17)27(26(33)35-2,30-24(31)19-11-7-4-8-12-19)23(29-22)18-13-15-20(28)16-14-18/h3-16,21-23,29H,1-2H3,(H,30,31)/t21-,22+,23+,27-/m0/s1. The van der Waals surface area contributed by atoms with E-state index in [1.807, 2.05) is 54.6 Å². The number of methoxy groups -OCH3 is 2. The Morgan fingerprint density at radius 3 is 2.00 bits per heavy atom. The molecule has 35 heavy (non-hydrogen) atoms. The van der Waals surface area contributed by atoms with Crippen LogP contribution in [0.2, 0.25) is 0 Å². The Balaban J connectivity index is 1.96. The number of carbonyl (C=O) groups excluding carboxylic acids is 3. The summed E-state index contributed by atoms with van der Waals surface area (Å²) < 4.78 is 11.3. The van der Waals surface area contributed by atoms with E-state index in [9.17, 15) is 14.4 Å². The van der Waals surface area contributed by atoms with E-state index in [0.29, 0.717) is 16.7 Å². The number of ether oxygens (including phenoxy) is 2. The van der Waals surface area contributed by atoms with Crippen molar-refractivity contribution in [3.05, 3.63) is 106 Å². The van der Waals surface area contributed by atoms with Gasteiger partial charge in [-0.3, -0.25) is 14.9 Å². The summed E-state index contributed by atoms with van der Waals surface area (Å²) in [6.07, 6.45) is 0. The molecule has 2 N–H and O–H groups in total. The lowest BCUT2D eigenvalue weighted by atomic mass is 9.73. The summed E-state index contributed by atoms with van der Waals surface area (Å²) in [5, 5.41) is 6.27. The highest BCUT2D eigenvalue weighted by molar-refractivity contribution is 9.10. The van der Waals surface area contributed by atoms with Crippen molar-refractivity contribution in [3.8, 4) is 0 Å². The van der Waals surface area contributed by atoms with Gasteiger partial charge in [-0.1, -0.05) is 76.6 Å². The molecule has 7 nitrogen and oxygen atoms in total. The molecule has 1 saturated heterocycles. The van der Waals surface area contributed by atoms with Gasteiger partial charge in [-0.15, -0.1) is 0 Å². The van der Waals surface area contributed by atoms with E-state index in [1.165, 1.54) is 14.2 Å². The Bertz CT molecular complexity index is 1200. The van der Waals surface area contributed by atoms with Gasteiger partial charge in [-0.25, -0.2) is 4.79 Å². The zero-order valence-corrected chi connectivity index (χ0v) is 20.8. The molecule has 1 aliphatic rings. The van der Waals surface area contributed by atoms with Gasteiger partial charge in [0.05, 0.1) is 20.3 Å². The third kappa shape index (κ3) is 4.59. The fourth-order valence-electron chi connectivity index (χ4n) is 4.78. The van der Waals surface area contributed by atoms with Crippen LogP contribution in [0.25, 0.3) is 0 Å². The third-order valence-electron chi connectivity index (χ3n) is 6.32. The van der Waals surface area contributed by atoms with Crippen molar-refractivity contribution in [2.75, 3.05) is 14.2 Å². The number of carbonyl (C=O) groups is 3. The van der Waals surface area contributed by atoms with E-state index in [-0.39, 0.29) is 0 Å². The van der Waals surface area contributed by atoms with Crippen LogP contribution >= 0.6 is 15.9 Å². The Labute approximate surface area is 212 Å². The van der Waals surface area contributed by atoms with E-state index in [2.05, 4.69) is 26.6 Å². The highest BCUT2D eigenvalue weighted by Gasteiger charge is 2.64. The lowest BCUT2D eigenvalue weighted by Gasteiger charge is -2.38. The summed E-state index contributed by atoms with van der Waals surface area (Å²) in [5.41, 5.74) is 0.0714. The SMILES string of the molecule is COC(=O)[C@@H]1N[C@H](c2ccc(Br)cc2)[C@](NC(=O)c2ccccc2)(C(=O)OC)[C@H]1c1ccccc1. The Kier molecular flexibility index (Phi) is 7.33. The first-order chi connectivity index (χ1) is 16.9. The normalized spacial score (nSPS) is 23.3. The quantitative estimate of drug-likeness (QED) is 0.466. The van der Waals surface area contributed by atoms with Crippen LogP contribution in [0.5, 0.6) is 0 Å². The molecule has 0 unspecified atom stereocenters. The van der Waals surface area contributed by atoms with Gasteiger partial charge in [0.2, 0.25) is 0 Å². The van der Waals surface area contributed by atoms with Crippen molar-refractivity contribution in [1.29, 1.82) is 0 Å². The molecule has 180 valence electrons. The number of hydrogen-bond acceptors (Lipinski definition) is 6. The number of halogens is 1. The van der Waals surface area contributed by atoms with Crippen molar-refractivity contribution in [2.45, 2.75) is 23.5 Å². The fraction of sp³-hybridized carbons (Fsp3) is 0.222. The summed E-state index contributed by atoms with van der Waals surface area (Å²) >= 11 is 3.44. The molecule has 4 atom stereocenters. The number of amides is 1. The van der Waals surface area contributed by atoms with Crippen molar-refractivity contribution in [2.24, 2.45) is 0 Å². The molecule has 1 aliphatic heterocycles. The summed E-state index contributed by atoms with van der Waals surface area (Å²) in [4.78, 5) is 40.3. The molecular formula is C27H25BrN2O5. The summed E-state index contributed by atoms with van der Waals surface area (Å²) in [6.45, 7) is 0. The summed E-state index contributed by atoms with van der Waals surface area (Å²) in [6, 6.07) is 23.3. The zero-order valence-electron chi connectivity index (χ0n) is 19.2. The third-order valence-corrected chi connectivity index (χ3v) is 6.85. The average Bonchev–Trinajstić information content (AvgIpc) is 3.24. The average molecular weight is 537 g/mol. The van der Waals surface area contributed by atoms with Gasteiger partial charge in [0, 0.05) is 16.0 Å². The van der Waals surface area contributed by atoms with Gasteiger partial charge < -0.3 is 14.8 Å². The molecule has 8 heteroatoms. The Morgan fingerprint density at radius 2 is 1.43 bits per heavy atom. The first-order valence-corrected chi connectivity index (χ1v) is 11.8. The maximum atomic E-state index is 13.8. The van der Waals surface area contributed by atoms with Gasteiger partial charge >= 0.3 is 11.9 Å². The predicted molar refractivity (Wildman–Crippen MR) is 134 cm³/mol. The molecule has 0 spiro atoms. The molecule has 1 fully saturated rings. The molecule has 0 radical (unpaired) electrons. The second-order valence-corrected chi connectivity index (χ2v) is 9.14. The zero-order chi connectivity index (χ0) is 25.0. The molecule has 3 aromatic carbocycles. The van der Waals surface area contributed by atoms with E-state index < -0.39 is 41.4 Å². The van der Waals surface area contributed by atoms with Crippen molar-refractivity contribution in [3.63, 3.8) is 0 Å². The molecular weight excluding hydrogens is 512 g/mol. The Morgan fingerprint density at radius 1 is 0.829 bits per heavy atom. The highest BCUT2D eigenvalue weighted by atomic mass is 79.9. The molecule has 1 amide bonds. The molecule has 0 saturated carbocycles. The van der Waals surface area contributed by atoms with E-state index >= 15 is 0 Å². The summed E-state index contributed by atoms with van der Waals surface area (Å²) in [5.74, 6) is -2.53. The number of esters is 2. The predicted octanol–water partition coefficient (Wildman–Crippen LogP) is 3.76. The minimum atomic E-state index is -1.67. The van der Waals surface area contributed by atoms with Gasteiger partial charge in [0.1, 0.15) is 6.04 Å². The van der Waals surface area contributed by atoms with Crippen molar-refractivity contribution < 1.29 is 23.9 Å². The minimum Gasteiger partial charge on any atom is -0.468 e. The first kappa shape index (κ1) is 24.6. The highest BCUT2D eigenvalue weighted by Crippen LogP contribution is 2.48. The molecule has 4 rings (SSSR count). The van der Waals surface area contributed by atoms with Crippen LogP contribution in [0.4, 0.5) is 0 Å². The van der Waals surface area contributed by atoms with Gasteiger partial charge in [-0.05, 0) is 35.4 Å². The first-order valence-electron chi connectivity index (χ1n) is 11.0. The largest absolute Gasteiger partial charge is 0.468 e. The van der Waals surface area contributed by atoms with E-state index in [4.69, 9.17) is 9.47 Å². The van der Waals surface area contributed by atoms with Crippen LogP contribution in [0, 0.1) is 0 Å². The lowest BCUT2D eigenvalue weighted by Crippen LogP contribution is -2.61. The molecule has 0 aromatic heterocycles. The van der Waals surface area contributed by atoms with Crippen LogP contribution in [0.15, 0.2) is 89.4 Å². The van der Waals surface area contributed by atoms with Crippen molar-refractivity contribution in [1.82, 2.24) is 10.6 Å². The summed E-state index contributed by atoms with van der Waals surface area (Å²) in [7, 11) is 2.56. The van der Waals surface area contributed by atoms with Gasteiger partial charge in [0.25, 0.3) is 5.91 Å². The number of nitrogens with one attached hydrogen (secondary N) is 2. The second kappa shape index (κ2) is 10.4. The van der Waals surface area contributed by atoms with E-state index in [0.717, 1.165) is 4.47 Å². The maximum absolute atomic E-state index is 13.8. The fourth-order valence-corrected chi connectivity index (χ4v) is 5.04. The van der Waals surface area contributed by atoms with E-state index in [1.54, 1.807) is 30.3 Å². The van der Waals surface area contributed by atoms with Crippen LogP contribution < -0.4 is 10.6 Å². The number of rotatable bonds is 6. The molecule has 1 heterocycles.